The van der Waals surface area contributed by atoms with Crippen molar-refractivity contribution in [3.63, 3.8) is 0 Å². The summed E-state index contributed by atoms with van der Waals surface area (Å²) in [7, 11) is 1.50. The molecule has 0 saturated carbocycles. The summed E-state index contributed by atoms with van der Waals surface area (Å²) >= 11 is 0. The normalized spacial score (nSPS) is 11.8. The van der Waals surface area contributed by atoms with Gasteiger partial charge < -0.3 is 23.7 Å². The Hall–Kier alpha value is -7.86. The van der Waals surface area contributed by atoms with E-state index < -0.39 is 0 Å². The lowest BCUT2D eigenvalue weighted by atomic mass is 9.99. The lowest BCUT2D eigenvalue weighted by Gasteiger charge is -2.08. The second kappa shape index (κ2) is 13.3. The third-order valence-corrected chi connectivity index (χ3v) is 12.1. The van der Waals surface area contributed by atoms with Crippen molar-refractivity contribution in [3.05, 3.63) is 194 Å². The fraction of sp³-hybridized carbons (Fsp3) is 0.0182. The maximum Gasteiger partial charge on any atom is 0.178 e. The van der Waals surface area contributed by atoms with Crippen molar-refractivity contribution in [1.29, 1.82) is 0 Å². The Morgan fingerprint density at radius 1 is 0.300 bits per heavy atom. The number of furan rings is 2. The summed E-state index contributed by atoms with van der Waals surface area (Å²) in [5, 5.41) is 9.19. The van der Waals surface area contributed by atoms with Crippen molar-refractivity contribution in [3.8, 4) is 33.6 Å². The highest BCUT2D eigenvalue weighted by Gasteiger charge is 2.19. The first-order valence-corrected chi connectivity index (χ1v) is 20.3. The first kappa shape index (κ1) is 34.2. The molecular weight excluding hydrogens is 735 g/mol. The van der Waals surface area contributed by atoms with Crippen LogP contribution in [0.1, 0.15) is 0 Å². The van der Waals surface area contributed by atoms with E-state index in [9.17, 15) is 0 Å². The summed E-state index contributed by atoms with van der Waals surface area (Å²) in [6, 6.07) is 69.6. The summed E-state index contributed by atoms with van der Waals surface area (Å²) in [6.45, 7) is 0. The zero-order chi connectivity index (χ0) is 39.9. The van der Waals surface area contributed by atoms with Crippen LogP contribution in [0.2, 0.25) is 0 Å². The van der Waals surface area contributed by atoms with Gasteiger partial charge in [0.15, 0.2) is 11.2 Å². The molecule has 5 nitrogen and oxygen atoms in total. The lowest BCUT2D eigenvalue weighted by molar-refractivity contribution is 0.633. The molecule has 0 fully saturated rings. The topological polar surface area (TPSA) is 62.2 Å². The molecule has 13 rings (SSSR count). The number of nitrogens with zero attached hydrogens (tertiary/aromatic N) is 2. The maximum absolute atomic E-state index is 6.61. The Kier molecular flexibility index (Phi) is 7.61. The Bertz CT molecular complexity index is 3540. The molecule has 0 unspecified atom stereocenters. The molecule has 0 aliphatic heterocycles. The highest BCUT2D eigenvalue weighted by molar-refractivity contribution is 6.20. The van der Waals surface area contributed by atoms with Crippen molar-refractivity contribution in [2.24, 2.45) is 5.73 Å². The van der Waals surface area contributed by atoms with Gasteiger partial charge >= 0.3 is 0 Å². The molecule has 13 aromatic rings. The van der Waals surface area contributed by atoms with Gasteiger partial charge in [-0.2, -0.15) is 0 Å². The van der Waals surface area contributed by atoms with Crippen molar-refractivity contribution < 1.29 is 8.83 Å². The van der Waals surface area contributed by atoms with Gasteiger partial charge in [-0.1, -0.05) is 97.1 Å². The van der Waals surface area contributed by atoms with Gasteiger partial charge in [-0.25, -0.2) is 0 Å². The maximum atomic E-state index is 6.61. The van der Waals surface area contributed by atoms with Crippen LogP contribution in [0.4, 0.5) is 0 Å². The number of nitrogens with two attached hydrogens (primary N) is 1. The molecule has 0 atom stereocenters. The van der Waals surface area contributed by atoms with E-state index in [1.165, 1.54) is 61.8 Å². The van der Waals surface area contributed by atoms with Gasteiger partial charge in [-0.3, -0.25) is 0 Å². The van der Waals surface area contributed by atoms with Crippen molar-refractivity contribution >= 4 is 87.5 Å². The number of para-hydroxylation sites is 4. The average molecular weight is 772 g/mol. The van der Waals surface area contributed by atoms with Crippen molar-refractivity contribution in [1.82, 2.24) is 9.13 Å². The number of fused-ring (bicyclic) bond motifs is 13. The van der Waals surface area contributed by atoms with Crippen LogP contribution in [0.25, 0.3) is 121 Å². The van der Waals surface area contributed by atoms with Gasteiger partial charge in [-0.15, -0.1) is 0 Å². The van der Waals surface area contributed by atoms with Crippen LogP contribution in [0.15, 0.2) is 203 Å². The molecule has 0 spiro atoms. The predicted octanol–water partition coefficient (Wildman–Crippen LogP) is 14.6. The highest BCUT2D eigenvalue weighted by Crippen LogP contribution is 2.42. The number of hydrogen-bond acceptors (Lipinski definition) is 3. The quantitative estimate of drug-likeness (QED) is 0.194. The van der Waals surface area contributed by atoms with Crippen LogP contribution >= 0.6 is 0 Å². The first-order valence-electron chi connectivity index (χ1n) is 20.3. The minimum atomic E-state index is 0.777. The van der Waals surface area contributed by atoms with E-state index in [1.54, 1.807) is 0 Å². The lowest BCUT2D eigenvalue weighted by Crippen LogP contribution is -1.92. The molecule has 60 heavy (non-hydrogen) atoms. The van der Waals surface area contributed by atoms with Crippen LogP contribution in [-0.4, -0.2) is 16.2 Å². The van der Waals surface area contributed by atoms with E-state index in [0.717, 1.165) is 66.4 Å². The molecule has 0 bridgehead atoms. The zero-order valence-electron chi connectivity index (χ0n) is 32.8. The standard InChI is InChI=1S/C54H32N2O2.CH5N/c1-3-11-37(12-4-1)55-47-17-9-7-15-39(47)43-29-33(19-25-49(43)55)35-21-27-51-45(31-35)41-23-24-42-46-32-36(22-28-52(46)58-54(42)53(41)57-51)34-20-26-50-44(30-34)40-16-8-10-18-48(40)56(50)38-13-5-2-6-14-38;1-2/h1-32H;2H2,1H3. The molecule has 0 amide bonds. The molecule has 4 aromatic heterocycles. The van der Waals surface area contributed by atoms with Crippen LogP contribution < -0.4 is 5.73 Å². The molecule has 0 aliphatic carbocycles. The monoisotopic (exact) mass is 771 g/mol. The third kappa shape index (κ3) is 5.03. The molecule has 284 valence electrons. The van der Waals surface area contributed by atoms with E-state index in [4.69, 9.17) is 8.83 Å². The summed E-state index contributed by atoms with van der Waals surface area (Å²) < 4.78 is 17.9. The van der Waals surface area contributed by atoms with Gasteiger partial charge in [0.2, 0.25) is 0 Å². The van der Waals surface area contributed by atoms with Gasteiger partial charge in [-0.05, 0) is 126 Å². The fourth-order valence-corrected chi connectivity index (χ4v) is 9.44. The minimum absolute atomic E-state index is 0.777. The Morgan fingerprint density at radius 2 is 0.650 bits per heavy atom. The van der Waals surface area contributed by atoms with Crippen LogP contribution in [-0.2, 0) is 0 Å². The molecule has 4 heterocycles. The molecule has 0 aliphatic rings. The Balaban J connectivity index is 0.00000191. The number of benzene rings is 9. The molecular formula is C55H37N3O2. The van der Waals surface area contributed by atoms with Crippen LogP contribution in [0.5, 0.6) is 0 Å². The van der Waals surface area contributed by atoms with E-state index in [1.807, 2.05) is 0 Å². The van der Waals surface area contributed by atoms with E-state index in [2.05, 4.69) is 209 Å². The van der Waals surface area contributed by atoms with Crippen molar-refractivity contribution in [2.75, 3.05) is 7.05 Å². The summed E-state index contributed by atoms with van der Waals surface area (Å²) in [4.78, 5) is 0. The van der Waals surface area contributed by atoms with Crippen molar-refractivity contribution in [2.45, 2.75) is 0 Å². The predicted molar refractivity (Wildman–Crippen MR) is 251 cm³/mol. The zero-order valence-corrected chi connectivity index (χ0v) is 32.8. The third-order valence-electron chi connectivity index (χ3n) is 12.1. The van der Waals surface area contributed by atoms with E-state index in [-0.39, 0.29) is 0 Å². The summed E-state index contributed by atoms with van der Waals surface area (Å²) in [5.41, 5.74) is 19.5. The molecule has 2 N–H and O–H groups in total. The number of rotatable bonds is 4. The van der Waals surface area contributed by atoms with Gasteiger partial charge in [0.25, 0.3) is 0 Å². The second-order valence-electron chi connectivity index (χ2n) is 15.3. The largest absolute Gasteiger partial charge is 0.452 e. The number of hydrogen-bond donors (Lipinski definition) is 1. The average Bonchev–Trinajstić information content (AvgIpc) is 4.07. The fourth-order valence-electron chi connectivity index (χ4n) is 9.44. The Morgan fingerprint density at radius 3 is 1.08 bits per heavy atom. The van der Waals surface area contributed by atoms with E-state index >= 15 is 0 Å². The Labute approximate surface area is 344 Å². The van der Waals surface area contributed by atoms with Crippen LogP contribution in [0.3, 0.4) is 0 Å². The molecule has 9 aromatic carbocycles. The van der Waals surface area contributed by atoms with Gasteiger partial charge in [0.05, 0.1) is 22.1 Å². The summed E-state index contributed by atoms with van der Waals surface area (Å²) in [5.74, 6) is 0. The molecule has 0 saturated heterocycles. The van der Waals surface area contributed by atoms with Crippen LogP contribution in [0, 0.1) is 0 Å². The first-order chi connectivity index (χ1) is 29.7. The smallest absolute Gasteiger partial charge is 0.178 e. The number of aromatic nitrogens is 2. The second-order valence-corrected chi connectivity index (χ2v) is 15.3. The minimum Gasteiger partial charge on any atom is -0.452 e. The SMILES string of the molecule is CN.c1ccc(-n2c3ccccc3c3cc(-c4ccc5oc6c(ccc7c8cc(-c9ccc%10c(c9)c9ccccc9n%10-c9ccccc9)ccc8oc76)c5c4)ccc32)cc1. The molecule has 5 heteroatoms. The molecule has 0 radical (unpaired) electrons. The summed E-state index contributed by atoms with van der Waals surface area (Å²) in [6.07, 6.45) is 0. The van der Waals surface area contributed by atoms with Gasteiger partial charge in [0.1, 0.15) is 11.2 Å². The highest BCUT2D eigenvalue weighted by atomic mass is 16.4. The van der Waals surface area contributed by atoms with Gasteiger partial charge in [0, 0.05) is 54.5 Å². The van der Waals surface area contributed by atoms with E-state index in [0.29, 0.717) is 0 Å².